The maximum atomic E-state index is 13.1. The number of aryl methyl sites for hydroxylation is 2. The highest BCUT2D eigenvalue weighted by Crippen LogP contribution is 2.26. The van der Waals surface area contributed by atoms with Gasteiger partial charge in [-0.3, -0.25) is 4.79 Å². The molecule has 0 unspecified atom stereocenters. The molecule has 3 rings (SSSR count). The number of fused-ring (bicyclic) bond motifs is 1. The Kier molecular flexibility index (Phi) is 5.07. The highest BCUT2D eigenvalue weighted by Gasteiger charge is 2.22. The van der Waals surface area contributed by atoms with E-state index in [0.717, 1.165) is 17.7 Å². The van der Waals surface area contributed by atoms with Gasteiger partial charge in [0.15, 0.2) is 0 Å². The average molecular weight is 351 g/mol. The van der Waals surface area contributed by atoms with Gasteiger partial charge in [-0.2, -0.15) is 0 Å². The van der Waals surface area contributed by atoms with Gasteiger partial charge in [0, 0.05) is 19.3 Å². The molecule has 5 heteroatoms. The van der Waals surface area contributed by atoms with Crippen LogP contribution in [0, 0.1) is 6.92 Å². The second-order valence-electron chi connectivity index (χ2n) is 7.03. The van der Waals surface area contributed by atoms with E-state index in [2.05, 4.69) is 41.3 Å². The van der Waals surface area contributed by atoms with E-state index in [1.165, 1.54) is 5.56 Å². The van der Waals surface area contributed by atoms with Gasteiger partial charge < -0.3 is 9.42 Å². The normalized spacial score (nSPS) is 11.3. The van der Waals surface area contributed by atoms with E-state index in [1.54, 1.807) is 4.90 Å². The van der Waals surface area contributed by atoms with Crippen LogP contribution in [-0.4, -0.2) is 28.0 Å². The molecule has 1 amide bonds. The van der Waals surface area contributed by atoms with Crippen molar-refractivity contribution in [1.29, 1.82) is 0 Å². The first kappa shape index (κ1) is 18.1. The molecule has 0 aliphatic heterocycles. The number of hydrogen-bond donors (Lipinski definition) is 0. The van der Waals surface area contributed by atoms with Gasteiger partial charge in [0.25, 0.3) is 11.6 Å². The molecule has 0 spiro atoms. The van der Waals surface area contributed by atoms with E-state index in [4.69, 9.17) is 4.52 Å². The summed E-state index contributed by atoms with van der Waals surface area (Å²) in [5, 5.41) is 4.69. The molecule has 0 aliphatic carbocycles. The third-order valence-electron chi connectivity index (χ3n) is 4.66. The van der Waals surface area contributed by atoms with Crippen LogP contribution < -0.4 is 0 Å². The zero-order valence-corrected chi connectivity index (χ0v) is 16.0. The van der Waals surface area contributed by atoms with Crippen LogP contribution in [-0.2, 0) is 13.0 Å². The third kappa shape index (κ3) is 3.47. The summed E-state index contributed by atoms with van der Waals surface area (Å²) in [6.07, 6.45) is 1.01. The molecule has 3 aromatic rings. The van der Waals surface area contributed by atoms with Crippen molar-refractivity contribution in [2.24, 2.45) is 0 Å². The van der Waals surface area contributed by atoms with Crippen LogP contribution in [0.2, 0.25) is 0 Å². The van der Waals surface area contributed by atoms with Gasteiger partial charge in [0.2, 0.25) is 0 Å². The Morgan fingerprint density at radius 1 is 1.19 bits per heavy atom. The summed E-state index contributed by atoms with van der Waals surface area (Å²) in [5.74, 6) is 0.147. The Morgan fingerprint density at radius 2 is 1.85 bits per heavy atom. The zero-order chi connectivity index (χ0) is 18.8. The molecule has 2 heterocycles. The summed E-state index contributed by atoms with van der Waals surface area (Å²) in [4.78, 5) is 19.4. The minimum absolute atomic E-state index is 0.0508. The maximum absolute atomic E-state index is 13.1. The molecule has 0 atom stereocenters. The molecular weight excluding hydrogens is 326 g/mol. The van der Waals surface area contributed by atoms with Crippen LogP contribution in [0.5, 0.6) is 0 Å². The number of hydrogen-bond acceptors (Lipinski definition) is 4. The summed E-state index contributed by atoms with van der Waals surface area (Å²) in [7, 11) is 1.82. The minimum Gasteiger partial charge on any atom is -0.337 e. The standard InChI is InChI=1S/C21H25N3O2/c1-6-15-7-9-16(10-8-15)12-24(5)21(25)17-11-18(13(2)3)22-20-19(17)14(4)23-26-20/h7-11,13H,6,12H2,1-5H3. The molecule has 0 radical (unpaired) electrons. The van der Waals surface area contributed by atoms with Crippen molar-refractivity contribution in [3.63, 3.8) is 0 Å². The predicted molar refractivity (Wildman–Crippen MR) is 102 cm³/mol. The van der Waals surface area contributed by atoms with E-state index in [1.807, 2.05) is 33.9 Å². The predicted octanol–water partition coefficient (Wildman–Crippen LogP) is 4.49. The Hall–Kier alpha value is -2.69. The number of pyridine rings is 1. The molecule has 0 saturated heterocycles. The first-order chi connectivity index (χ1) is 12.4. The summed E-state index contributed by atoms with van der Waals surface area (Å²) >= 11 is 0. The number of benzene rings is 1. The van der Waals surface area contributed by atoms with Crippen molar-refractivity contribution < 1.29 is 9.32 Å². The van der Waals surface area contributed by atoms with Crippen LogP contribution in [0.15, 0.2) is 34.9 Å². The van der Waals surface area contributed by atoms with Crippen LogP contribution >= 0.6 is 0 Å². The van der Waals surface area contributed by atoms with Gasteiger partial charge in [0.1, 0.15) is 0 Å². The zero-order valence-electron chi connectivity index (χ0n) is 16.0. The van der Waals surface area contributed by atoms with Crippen LogP contribution in [0.3, 0.4) is 0 Å². The van der Waals surface area contributed by atoms with Crippen molar-refractivity contribution in [2.45, 2.75) is 46.6 Å². The Bertz CT molecular complexity index is 926. The summed E-state index contributed by atoms with van der Waals surface area (Å²) in [6.45, 7) is 8.61. The van der Waals surface area contributed by atoms with E-state index < -0.39 is 0 Å². The molecule has 136 valence electrons. The second-order valence-corrected chi connectivity index (χ2v) is 7.03. The Labute approximate surface area is 154 Å². The topological polar surface area (TPSA) is 59.2 Å². The van der Waals surface area contributed by atoms with Crippen molar-refractivity contribution in [1.82, 2.24) is 15.0 Å². The summed E-state index contributed by atoms with van der Waals surface area (Å²) in [5.41, 5.74) is 4.95. The minimum atomic E-state index is -0.0508. The number of carbonyl (C=O) groups excluding carboxylic acids is 1. The summed E-state index contributed by atoms with van der Waals surface area (Å²) in [6, 6.07) is 10.2. The monoisotopic (exact) mass is 351 g/mol. The molecule has 2 aromatic heterocycles. The maximum Gasteiger partial charge on any atom is 0.259 e. The van der Waals surface area contributed by atoms with Crippen molar-refractivity contribution >= 4 is 17.0 Å². The Balaban J connectivity index is 1.93. The van der Waals surface area contributed by atoms with Crippen LogP contribution in [0.4, 0.5) is 0 Å². The van der Waals surface area contributed by atoms with E-state index in [0.29, 0.717) is 28.9 Å². The van der Waals surface area contributed by atoms with Gasteiger partial charge in [-0.15, -0.1) is 0 Å². The lowest BCUT2D eigenvalue weighted by molar-refractivity contribution is 0.0786. The van der Waals surface area contributed by atoms with Gasteiger partial charge >= 0.3 is 0 Å². The lowest BCUT2D eigenvalue weighted by Gasteiger charge is -2.19. The first-order valence-electron chi connectivity index (χ1n) is 9.00. The molecule has 0 N–H and O–H groups in total. The van der Waals surface area contributed by atoms with Gasteiger partial charge in [-0.05, 0) is 36.5 Å². The fraction of sp³-hybridized carbons (Fsp3) is 0.381. The smallest absolute Gasteiger partial charge is 0.259 e. The largest absolute Gasteiger partial charge is 0.337 e. The molecule has 0 aliphatic rings. The van der Waals surface area contributed by atoms with Gasteiger partial charge in [-0.25, -0.2) is 4.98 Å². The summed E-state index contributed by atoms with van der Waals surface area (Å²) < 4.78 is 5.32. The second kappa shape index (κ2) is 7.28. The van der Waals surface area contributed by atoms with Crippen LogP contribution in [0.25, 0.3) is 11.1 Å². The first-order valence-corrected chi connectivity index (χ1v) is 9.00. The van der Waals surface area contributed by atoms with Crippen molar-refractivity contribution in [3.05, 3.63) is 58.4 Å². The molecule has 5 nitrogen and oxygen atoms in total. The number of carbonyl (C=O) groups is 1. The van der Waals surface area contributed by atoms with E-state index in [9.17, 15) is 4.79 Å². The van der Waals surface area contributed by atoms with Crippen molar-refractivity contribution in [3.8, 4) is 0 Å². The third-order valence-corrected chi connectivity index (χ3v) is 4.66. The molecule has 0 bridgehead atoms. The highest BCUT2D eigenvalue weighted by atomic mass is 16.5. The lowest BCUT2D eigenvalue weighted by Crippen LogP contribution is -2.26. The molecule has 0 fully saturated rings. The Morgan fingerprint density at radius 3 is 2.46 bits per heavy atom. The van der Waals surface area contributed by atoms with E-state index >= 15 is 0 Å². The van der Waals surface area contributed by atoms with Crippen molar-refractivity contribution in [2.75, 3.05) is 7.05 Å². The quantitative estimate of drug-likeness (QED) is 0.679. The highest BCUT2D eigenvalue weighted by molar-refractivity contribution is 6.05. The number of nitrogens with zero attached hydrogens (tertiary/aromatic N) is 3. The number of amides is 1. The number of aromatic nitrogens is 2. The van der Waals surface area contributed by atoms with E-state index in [-0.39, 0.29) is 11.8 Å². The van der Waals surface area contributed by atoms with Gasteiger partial charge in [0.05, 0.1) is 16.6 Å². The average Bonchev–Trinajstić information content (AvgIpc) is 3.02. The molecule has 0 saturated carbocycles. The number of rotatable bonds is 5. The fourth-order valence-corrected chi connectivity index (χ4v) is 3.01. The SMILES string of the molecule is CCc1ccc(CN(C)C(=O)c2cc(C(C)C)nc3onc(C)c23)cc1. The molecular formula is C21H25N3O2. The van der Waals surface area contributed by atoms with Gasteiger partial charge in [-0.1, -0.05) is 50.2 Å². The lowest BCUT2D eigenvalue weighted by atomic mass is 10.0. The van der Waals surface area contributed by atoms with Crippen LogP contribution in [0.1, 0.15) is 59.6 Å². The molecule has 1 aromatic carbocycles. The molecule has 26 heavy (non-hydrogen) atoms. The fourth-order valence-electron chi connectivity index (χ4n) is 3.01.